The van der Waals surface area contributed by atoms with E-state index in [1.54, 1.807) is 13.8 Å². The first kappa shape index (κ1) is 27.9. The van der Waals surface area contributed by atoms with Gasteiger partial charge in [-0.15, -0.1) is 0 Å². The third kappa shape index (κ3) is 7.05. The highest BCUT2D eigenvalue weighted by atomic mass is 16.5. The van der Waals surface area contributed by atoms with Crippen LogP contribution in [-0.4, -0.2) is 41.6 Å². The monoisotopic (exact) mass is 516 g/mol. The number of amidine groups is 1. The van der Waals surface area contributed by atoms with E-state index in [4.69, 9.17) is 4.65 Å². The van der Waals surface area contributed by atoms with Crippen LogP contribution in [0.5, 0.6) is 0 Å². The summed E-state index contributed by atoms with van der Waals surface area (Å²) >= 11 is 0. The minimum atomic E-state index is -0.937. The van der Waals surface area contributed by atoms with Crippen LogP contribution in [0.2, 0.25) is 0 Å². The van der Waals surface area contributed by atoms with Gasteiger partial charge in [-0.25, -0.2) is 0 Å². The van der Waals surface area contributed by atoms with Gasteiger partial charge in [-0.2, -0.15) is 5.10 Å². The fraction of sp³-hybridized carbons (Fsp3) is 0.467. The van der Waals surface area contributed by atoms with Gasteiger partial charge in [0.15, 0.2) is 11.6 Å². The Morgan fingerprint density at radius 3 is 2.68 bits per heavy atom. The Kier molecular flexibility index (Phi) is 8.63. The lowest BCUT2D eigenvalue weighted by Crippen LogP contribution is -2.49. The molecule has 2 aliphatic rings. The van der Waals surface area contributed by atoms with Crippen molar-refractivity contribution in [1.82, 2.24) is 10.7 Å². The Morgan fingerprint density at radius 1 is 1.18 bits per heavy atom. The molecule has 4 rings (SSSR count). The fourth-order valence-corrected chi connectivity index (χ4v) is 4.69. The number of hydrogen-bond donors (Lipinski definition) is 4. The lowest BCUT2D eigenvalue weighted by Gasteiger charge is -2.37. The molecule has 0 saturated heterocycles. The molecule has 1 unspecified atom stereocenters. The zero-order chi connectivity index (χ0) is 27.3. The van der Waals surface area contributed by atoms with Crippen molar-refractivity contribution in [3.8, 4) is 0 Å². The van der Waals surface area contributed by atoms with Crippen molar-refractivity contribution in [3.05, 3.63) is 71.9 Å². The molecule has 0 spiro atoms. The number of nitrogens with zero attached hydrogens (tertiary/aromatic N) is 1. The number of aryl methyl sites for hydroxylation is 1. The fourth-order valence-electron chi connectivity index (χ4n) is 4.69. The predicted molar refractivity (Wildman–Crippen MR) is 156 cm³/mol. The van der Waals surface area contributed by atoms with E-state index in [-0.39, 0.29) is 11.9 Å². The summed E-state index contributed by atoms with van der Waals surface area (Å²) in [6.07, 6.45) is 4.76. The van der Waals surface area contributed by atoms with Crippen molar-refractivity contribution >= 4 is 30.3 Å². The van der Waals surface area contributed by atoms with E-state index in [9.17, 15) is 9.90 Å². The Hall–Kier alpha value is -3.10. The first-order valence-corrected chi connectivity index (χ1v) is 13.6. The number of nitrogens with one attached hydrogen (secondary N) is 3. The molecular formula is C30H41BN4O3. The average molecular weight is 516 g/mol. The second-order valence-corrected chi connectivity index (χ2v) is 11.5. The van der Waals surface area contributed by atoms with Crippen LogP contribution in [-0.2, 0) is 22.3 Å². The number of anilines is 1. The molecule has 0 radical (unpaired) electrons. The lowest BCUT2D eigenvalue weighted by atomic mass is 9.81. The van der Waals surface area contributed by atoms with Crippen molar-refractivity contribution in [2.24, 2.45) is 11.0 Å². The molecule has 2 aliphatic heterocycles. The molecule has 2 aromatic rings. The number of hydrazone groups is 1. The van der Waals surface area contributed by atoms with Crippen molar-refractivity contribution in [2.45, 2.75) is 83.6 Å². The number of ketones is 1. The van der Waals surface area contributed by atoms with Gasteiger partial charge in [-0.3, -0.25) is 10.2 Å². The Morgan fingerprint density at radius 2 is 1.95 bits per heavy atom. The van der Waals surface area contributed by atoms with E-state index in [1.807, 2.05) is 32.0 Å². The SMILES string of the molecule is C=C1Nc2ccc(BOC(C)(C)C(C)(C)O)cc2CC[C@@H]1CCCC(=O)C1=NNC(Cc2ccccc2)N1. The van der Waals surface area contributed by atoms with Gasteiger partial charge < -0.3 is 20.4 Å². The van der Waals surface area contributed by atoms with Crippen LogP contribution in [0, 0.1) is 5.92 Å². The molecule has 0 saturated carbocycles. The summed E-state index contributed by atoms with van der Waals surface area (Å²) in [5.41, 5.74) is 7.05. The number of rotatable bonds is 11. The normalized spacial score (nSPS) is 19.4. The summed E-state index contributed by atoms with van der Waals surface area (Å²) in [7, 11) is 0.440. The molecule has 0 aliphatic carbocycles. The maximum atomic E-state index is 12.7. The van der Waals surface area contributed by atoms with E-state index in [0.29, 0.717) is 25.7 Å². The Labute approximate surface area is 227 Å². The van der Waals surface area contributed by atoms with Gasteiger partial charge in [0.25, 0.3) is 0 Å². The minimum absolute atomic E-state index is 0.0437. The second-order valence-electron chi connectivity index (χ2n) is 11.5. The Bertz CT molecular complexity index is 1170. The van der Waals surface area contributed by atoms with Crippen LogP contribution in [0.3, 0.4) is 0 Å². The number of carbonyl (C=O) groups excluding carboxylic acids is 1. The van der Waals surface area contributed by atoms with E-state index in [2.05, 4.69) is 58.1 Å². The smallest absolute Gasteiger partial charge is 0.309 e. The van der Waals surface area contributed by atoms with Gasteiger partial charge in [-0.1, -0.05) is 54.5 Å². The zero-order valence-electron chi connectivity index (χ0n) is 23.1. The predicted octanol–water partition coefficient (Wildman–Crippen LogP) is 3.53. The molecule has 4 N–H and O–H groups in total. The molecule has 202 valence electrons. The summed E-state index contributed by atoms with van der Waals surface area (Å²) < 4.78 is 6.06. The average Bonchev–Trinajstić information content (AvgIpc) is 3.27. The molecule has 0 bridgehead atoms. The van der Waals surface area contributed by atoms with E-state index < -0.39 is 11.2 Å². The van der Waals surface area contributed by atoms with E-state index in [1.165, 1.54) is 11.1 Å². The second kappa shape index (κ2) is 11.7. The summed E-state index contributed by atoms with van der Waals surface area (Å²) in [5, 5.41) is 21.3. The summed E-state index contributed by atoms with van der Waals surface area (Å²) in [6.45, 7) is 11.7. The Balaban J connectivity index is 1.23. The molecular weight excluding hydrogens is 475 g/mol. The highest BCUT2D eigenvalue weighted by Crippen LogP contribution is 2.31. The van der Waals surface area contributed by atoms with E-state index >= 15 is 0 Å². The first-order valence-electron chi connectivity index (χ1n) is 13.6. The number of carbonyl (C=O) groups is 1. The van der Waals surface area contributed by atoms with Crippen LogP contribution < -0.4 is 21.5 Å². The molecule has 2 atom stereocenters. The molecule has 0 aromatic heterocycles. The largest absolute Gasteiger partial charge is 0.427 e. The van der Waals surface area contributed by atoms with Gasteiger partial charge in [-0.05, 0) is 76.5 Å². The van der Waals surface area contributed by atoms with Gasteiger partial charge in [0, 0.05) is 24.2 Å². The third-order valence-electron chi connectivity index (χ3n) is 7.94. The molecule has 0 amide bonds. The molecule has 8 heteroatoms. The number of Topliss-reactive ketones (excluding diaryl/α,β-unsaturated/α-hetero) is 1. The zero-order valence-corrected chi connectivity index (χ0v) is 23.1. The van der Waals surface area contributed by atoms with Gasteiger partial charge in [0.05, 0.1) is 11.2 Å². The summed E-state index contributed by atoms with van der Waals surface area (Å²) in [5.74, 6) is 0.771. The quantitative estimate of drug-likeness (QED) is 0.342. The van der Waals surface area contributed by atoms with Crippen LogP contribution in [0.1, 0.15) is 64.5 Å². The number of hydrogen-bond acceptors (Lipinski definition) is 7. The molecule has 0 fully saturated rings. The highest BCUT2D eigenvalue weighted by Gasteiger charge is 2.35. The number of fused-ring (bicyclic) bond motifs is 1. The number of benzene rings is 2. The highest BCUT2D eigenvalue weighted by molar-refractivity contribution is 6.47. The molecule has 38 heavy (non-hydrogen) atoms. The third-order valence-corrected chi connectivity index (χ3v) is 7.94. The van der Waals surface area contributed by atoms with Gasteiger partial charge in [0.2, 0.25) is 0 Å². The lowest BCUT2D eigenvalue weighted by molar-refractivity contribution is -0.113. The van der Waals surface area contributed by atoms with Gasteiger partial charge >= 0.3 is 7.48 Å². The van der Waals surface area contributed by atoms with Crippen molar-refractivity contribution in [1.29, 1.82) is 0 Å². The molecule has 2 heterocycles. The van der Waals surface area contributed by atoms with Gasteiger partial charge in [0.1, 0.15) is 6.17 Å². The maximum Gasteiger partial charge on any atom is 0.309 e. The first-order chi connectivity index (χ1) is 18.0. The van der Waals surface area contributed by atoms with E-state index in [0.717, 1.165) is 49.0 Å². The van der Waals surface area contributed by atoms with Crippen molar-refractivity contribution in [3.63, 3.8) is 0 Å². The van der Waals surface area contributed by atoms with Crippen LogP contribution in [0.25, 0.3) is 0 Å². The molecule has 7 nitrogen and oxygen atoms in total. The number of allylic oxidation sites excluding steroid dienone is 1. The van der Waals surface area contributed by atoms with Crippen molar-refractivity contribution in [2.75, 3.05) is 5.32 Å². The topological polar surface area (TPSA) is 95.0 Å². The summed E-state index contributed by atoms with van der Waals surface area (Å²) in [4.78, 5) is 12.7. The van der Waals surface area contributed by atoms with Crippen LogP contribution in [0.4, 0.5) is 5.69 Å². The van der Waals surface area contributed by atoms with Crippen LogP contribution in [0.15, 0.2) is 65.9 Å². The standard InChI is InChI=1S/C30H41BN4O3/c1-20-22(12-9-13-26(36)28-33-27(34-35-28)18-21-10-7-6-8-11-21)14-15-23-19-24(16-17-25(23)32-20)31-38-30(4,5)29(2,3)37/h6-8,10-11,16-17,19,22,27,31-32,34,37H,1,9,12-15,18H2,2-5H3,(H,33,35)/t22-,27?/m0/s1. The summed E-state index contributed by atoms with van der Waals surface area (Å²) in [6, 6.07) is 16.5. The maximum absolute atomic E-state index is 12.7. The minimum Gasteiger partial charge on any atom is -0.427 e. The van der Waals surface area contributed by atoms with Crippen LogP contribution >= 0.6 is 0 Å². The number of aliphatic hydroxyl groups is 1. The molecule has 2 aromatic carbocycles. The van der Waals surface area contributed by atoms with Crippen molar-refractivity contribution < 1.29 is 14.6 Å².